The van der Waals surface area contributed by atoms with Crippen molar-refractivity contribution in [2.75, 3.05) is 19.7 Å². The first-order valence-corrected chi connectivity index (χ1v) is 10.7. The van der Waals surface area contributed by atoms with Crippen molar-refractivity contribution in [2.45, 2.75) is 72.3 Å². The van der Waals surface area contributed by atoms with E-state index in [4.69, 9.17) is 4.74 Å². The Morgan fingerprint density at radius 1 is 1.17 bits per heavy atom. The van der Waals surface area contributed by atoms with Gasteiger partial charge in [0.25, 0.3) is 5.91 Å². The lowest BCUT2D eigenvalue weighted by Crippen LogP contribution is -2.37. The number of rotatable bonds is 7. The molecule has 2 heterocycles. The van der Waals surface area contributed by atoms with Gasteiger partial charge in [-0.1, -0.05) is 32.6 Å². The summed E-state index contributed by atoms with van der Waals surface area (Å²) in [5, 5.41) is 9.43. The Morgan fingerprint density at radius 2 is 1.83 bits per heavy atom. The molecule has 2 rings (SSSR count). The molecule has 1 amide bonds. The molecule has 0 unspecified atom stereocenters. The van der Waals surface area contributed by atoms with Gasteiger partial charge in [-0.25, -0.2) is 4.79 Å². The number of hydrogen-bond donors (Lipinski definition) is 0. The van der Waals surface area contributed by atoms with Crippen molar-refractivity contribution in [1.82, 2.24) is 9.47 Å². The molecule has 0 atom stereocenters. The predicted molar refractivity (Wildman–Crippen MR) is 113 cm³/mol. The summed E-state index contributed by atoms with van der Waals surface area (Å²) in [6, 6.07) is 3.90. The van der Waals surface area contributed by atoms with Crippen LogP contribution in [0.4, 0.5) is 0 Å². The second-order valence-corrected chi connectivity index (χ2v) is 7.73. The molecule has 29 heavy (non-hydrogen) atoms. The Balaban J connectivity index is 2.01. The Bertz CT molecular complexity index is 778. The van der Waals surface area contributed by atoms with Crippen LogP contribution in [0, 0.1) is 25.2 Å². The van der Waals surface area contributed by atoms with Crippen molar-refractivity contribution in [1.29, 1.82) is 5.26 Å². The van der Waals surface area contributed by atoms with E-state index in [1.54, 1.807) is 11.0 Å². The van der Waals surface area contributed by atoms with Gasteiger partial charge in [-0.3, -0.25) is 4.79 Å². The Hall–Kier alpha value is -2.55. The minimum Gasteiger partial charge on any atom is -0.451 e. The van der Waals surface area contributed by atoms with Gasteiger partial charge in [0, 0.05) is 31.0 Å². The maximum atomic E-state index is 12.4. The van der Waals surface area contributed by atoms with Crippen LogP contribution in [0.2, 0.25) is 0 Å². The molecular formula is C23H33N3O3. The molecule has 1 aromatic heterocycles. The molecule has 6 nitrogen and oxygen atoms in total. The third-order valence-corrected chi connectivity index (χ3v) is 5.52. The molecule has 1 saturated heterocycles. The largest absolute Gasteiger partial charge is 0.451 e. The van der Waals surface area contributed by atoms with Crippen molar-refractivity contribution < 1.29 is 14.3 Å². The van der Waals surface area contributed by atoms with E-state index in [0.29, 0.717) is 13.1 Å². The molecule has 0 aliphatic carbocycles. The fourth-order valence-electron chi connectivity index (χ4n) is 3.72. The highest BCUT2D eigenvalue weighted by molar-refractivity contribution is 5.99. The Labute approximate surface area is 174 Å². The minimum absolute atomic E-state index is 0.0822. The number of aromatic nitrogens is 1. The molecule has 1 aromatic rings. The lowest BCUT2D eigenvalue weighted by atomic mass is 10.1. The number of esters is 1. The topological polar surface area (TPSA) is 75.3 Å². The Morgan fingerprint density at radius 3 is 2.45 bits per heavy atom. The third-order valence-electron chi connectivity index (χ3n) is 5.52. The van der Waals surface area contributed by atoms with Crippen LogP contribution >= 0.6 is 0 Å². The van der Waals surface area contributed by atoms with Crippen LogP contribution in [0.15, 0.2) is 11.6 Å². The SMILES string of the molecule is CCCCn1c(C)cc(/C=C(\C#N)C(=O)OCC(=O)N2CCCCCCC2)c1C. The van der Waals surface area contributed by atoms with Gasteiger partial charge < -0.3 is 14.2 Å². The molecule has 0 N–H and O–H groups in total. The highest BCUT2D eigenvalue weighted by atomic mass is 16.5. The fourth-order valence-corrected chi connectivity index (χ4v) is 3.72. The van der Waals surface area contributed by atoms with Crippen molar-refractivity contribution in [3.8, 4) is 6.07 Å². The summed E-state index contributed by atoms with van der Waals surface area (Å²) in [6.45, 7) is 8.17. The number of nitriles is 1. The summed E-state index contributed by atoms with van der Waals surface area (Å²) in [7, 11) is 0. The molecule has 1 aliphatic rings. The maximum absolute atomic E-state index is 12.4. The predicted octanol–water partition coefficient (Wildman–Crippen LogP) is 4.15. The van der Waals surface area contributed by atoms with Crippen LogP contribution in [-0.4, -0.2) is 41.0 Å². The first kappa shape index (κ1) is 22.7. The normalized spacial score (nSPS) is 15.4. The smallest absolute Gasteiger partial charge is 0.349 e. The number of carbonyl (C=O) groups excluding carboxylic acids is 2. The van der Waals surface area contributed by atoms with E-state index in [2.05, 4.69) is 11.5 Å². The molecule has 0 radical (unpaired) electrons. The average molecular weight is 400 g/mol. The van der Waals surface area contributed by atoms with Crippen molar-refractivity contribution >= 4 is 18.0 Å². The van der Waals surface area contributed by atoms with E-state index in [0.717, 1.165) is 62.0 Å². The van der Waals surface area contributed by atoms with Crippen molar-refractivity contribution in [3.63, 3.8) is 0 Å². The lowest BCUT2D eigenvalue weighted by Gasteiger charge is -2.24. The number of aryl methyl sites for hydroxylation is 1. The third kappa shape index (κ3) is 6.49. The van der Waals surface area contributed by atoms with Gasteiger partial charge in [0.2, 0.25) is 0 Å². The zero-order chi connectivity index (χ0) is 21.2. The molecule has 0 saturated carbocycles. The van der Waals surface area contributed by atoms with E-state index in [1.165, 1.54) is 6.42 Å². The zero-order valence-corrected chi connectivity index (χ0v) is 18.0. The summed E-state index contributed by atoms with van der Waals surface area (Å²) in [5.41, 5.74) is 2.87. The molecule has 0 bridgehead atoms. The standard InChI is InChI=1S/C23H33N3O3/c1-4-5-13-26-18(2)14-20(19(26)3)15-21(16-24)23(28)29-17-22(27)25-11-9-7-6-8-10-12-25/h14-15H,4-13,17H2,1-3H3/b21-15+. The van der Waals surface area contributed by atoms with Gasteiger partial charge in [-0.05, 0) is 50.8 Å². The summed E-state index contributed by atoms with van der Waals surface area (Å²) < 4.78 is 7.36. The van der Waals surface area contributed by atoms with Gasteiger partial charge in [-0.2, -0.15) is 5.26 Å². The first-order chi connectivity index (χ1) is 14.0. The molecular weight excluding hydrogens is 366 g/mol. The van der Waals surface area contributed by atoms with Crippen LogP contribution in [0.1, 0.15) is 68.8 Å². The van der Waals surface area contributed by atoms with Gasteiger partial charge in [-0.15, -0.1) is 0 Å². The van der Waals surface area contributed by atoms with Crippen LogP contribution in [0.25, 0.3) is 6.08 Å². The van der Waals surface area contributed by atoms with E-state index in [9.17, 15) is 14.9 Å². The fraction of sp³-hybridized carbons (Fsp3) is 0.609. The molecule has 1 fully saturated rings. The highest BCUT2D eigenvalue weighted by Gasteiger charge is 2.19. The van der Waals surface area contributed by atoms with Crippen LogP contribution in [0.5, 0.6) is 0 Å². The molecule has 1 aliphatic heterocycles. The Kier molecular flexibility index (Phi) is 8.98. The highest BCUT2D eigenvalue weighted by Crippen LogP contribution is 2.19. The van der Waals surface area contributed by atoms with E-state index in [1.807, 2.05) is 26.0 Å². The second-order valence-electron chi connectivity index (χ2n) is 7.73. The number of ether oxygens (including phenoxy) is 1. The molecule has 6 heteroatoms. The lowest BCUT2D eigenvalue weighted by molar-refractivity contribution is -0.148. The maximum Gasteiger partial charge on any atom is 0.349 e. The van der Waals surface area contributed by atoms with E-state index in [-0.39, 0.29) is 18.1 Å². The number of amides is 1. The van der Waals surface area contributed by atoms with Gasteiger partial charge >= 0.3 is 5.97 Å². The number of carbonyl (C=O) groups is 2. The first-order valence-electron chi connectivity index (χ1n) is 10.7. The number of unbranched alkanes of at least 4 members (excludes halogenated alkanes) is 1. The summed E-state index contributed by atoms with van der Waals surface area (Å²) >= 11 is 0. The van der Waals surface area contributed by atoms with Crippen LogP contribution in [-0.2, 0) is 20.9 Å². The monoisotopic (exact) mass is 399 g/mol. The van der Waals surface area contributed by atoms with Crippen molar-refractivity contribution in [3.05, 3.63) is 28.6 Å². The summed E-state index contributed by atoms with van der Waals surface area (Å²) in [4.78, 5) is 26.5. The minimum atomic E-state index is -0.744. The summed E-state index contributed by atoms with van der Waals surface area (Å²) in [5.74, 6) is -0.929. The molecule has 158 valence electrons. The van der Waals surface area contributed by atoms with Gasteiger partial charge in [0.1, 0.15) is 11.6 Å². The van der Waals surface area contributed by atoms with E-state index >= 15 is 0 Å². The number of likely N-dealkylation sites (tertiary alicyclic amines) is 1. The quantitative estimate of drug-likeness (QED) is 0.392. The average Bonchev–Trinajstić information content (AvgIpc) is 2.94. The molecule has 0 spiro atoms. The number of hydrogen-bond acceptors (Lipinski definition) is 4. The van der Waals surface area contributed by atoms with Crippen LogP contribution < -0.4 is 0 Å². The van der Waals surface area contributed by atoms with Crippen LogP contribution in [0.3, 0.4) is 0 Å². The van der Waals surface area contributed by atoms with Crippen molar-refractivity contribution in [2.24, 2.45) is 0 Å². The zero-order valence-electron chi connectivity index (χ0n) is 18.0. The number of nitrogens with zero attached hydrogens (tertiary/aromatic N) is 3. The molecule has 0 aromatic carbocycles. The van der Waals surface area contributed by atoms with E-state index < -0.39 is 5.97 Å². The van der Waals surface area contributed by atoms with Gasteiger partial charge in [0.05, 0.1) is 0 Å². The summed E-state index contributed by atoms with van der Waals surface area (Å²) in [6.07, 6.45) is 9.17. The second kappa shape index (κ2) is 11.5. The van der Waals surface area contributed by atoms with Gasteiger partial charge in [0.15, 0.2) is 6.61 Å².